The number of alkyl halides is 3. The number of aromatic amines is 1. The van der Waals surface area contributed by atoms with Crippen LogP contribution in [0.25, 0.3) is 32.9 Å². The summed E-state index contributed by atoms with van der Waals surface area (Å²) in [7, 11) is 0. The number of rotatable bonds is 3. The first kappa shape index (κ1) is 21.3. The summed E-state index contributed by atoms with van der Waals surface area (Å²) >= 11 is 0. The summed E-state index contributed by atoms with van der Waals surface area (Å²) in [6.45, 7) is 0. The van der Waals surface area contributed by atoms with Gasteiger partial charge in [0.25, 0.3) is 0 Å². The van der Waals surface area contributed by atoms with Crippen molar-refractivity contribution in [1.82, 2.24) is 15.2 Å². The zero-order valence-electron chi connectivity index (χ0n) is 17.4. The molecule has 10 heteroatoms. The maximum absolute atomic E-state index is 13.0. The molecule has 0 aliphatic rings. The van der Waals surface area contributed by atoms with Gasteiger partial charge in [-0.2, -0.15) is 18.3 Å². The normalized spacial score (nSPS) is 11.6. The van der Waals surface area contributed by atoms with Crippen molar-refractivity contribution in [2.24, 2.45) is 0 Å². The van der Waals surface area contributed by atoms with Crippen LogP contribution in [-0.4, -0.2) is 21.2 Å². The number of nitrogen functional groups attached to an aromatic ring is 1. The Kier molecular flexibility index (Phi) is 5.05. The number of carbonyl (C=O) groups is 1. The molecule has 0 saturated heterocycles. The van der Waals surface area contributed by atoms with Gasteiger partial charge in [0.2, 0.25) is 0 Å². The van der Waals surface area contributed by atoms with Crippen LogP contribution in [-0.2, 0) is 6.18 Å². The highest BCUT2D eigenvalue weighted by Gasteiger charge is 2.30. The van der Waals surface area contributed by atoms with Crippen molar-refractivity contribution in [1.29, 1.82) is 0 Å². The van der Waals surface area contributed by atoms with Crippen LogP contribution in [0.15, 0.2) is 72.9 Å². The summed E-state index contributed by atoms with van der Waals surface area (Å²) in [5.41, 5.74) is 7.97. The molecule has 0 spiro atoms. The number of H-pyrrole nitrogens is 1. The van der Waals surface area contributed by atoms with E-state index in [0.717, 1.165) is 34.0 Å². The summed E-state index contributed by atoms with van der Waals surface area (Å²) in [6.07, 6.45) is -2.85. The Balaban J connectivity index is 1.49. The summed E-state index contributed by atoms with van der Waals surface area (Å²) < 4.78 is 38.9. The second-order valence-electron chi connectivity index (χ2n) is 7.55. The van der Waals surface area contributed by atoms with Crippen LogP contribution in [0.2, 0.25) is 0 Å². The third-order valence-electron chi connectivity index (χ3n) is 5.40. The Morgan fingerprint density at radius 3 is 2.50 bits per heavy atom. The lowest BCUT2D eigenvalue weighted by Crippen LogP contribution is -2.20. The smallest absolute Gasteiger partial charge is 0.382 e. The van der Waals surface area contributed by atoms with Crippen LogP contribution < -0.4 is 16.4 Å². The van der Waals surface area contributed by atoms with Gasteiger partial charge in [-0.3, -0.25) is 5.10 Å². The lowest BCUT2D eigenvalue weighted by molar-refractivity contribution is -0.137. The number of nitrogens with two attached hydrogens (primary N) is 1. The van der Waals surface area contributed by atoms with Crippen molar-refractivity contribution in [2.45, 2.75) is 6.18 Å². The molecule has 2 heterocycles. The Labute approximate surface area is 190 Å². The molecule has 5 N–H and O–H groups in total. The van der Waals surface area contributed by atoms with Crippen LogP contribution >= 0.6 is 0 Å². The van der Waals surface area contributed by atoms with Crippen molar-refractivity contribution >= 4 is 45.0 Å². The van der Waals surface area contributed by atoms with Gasteiger partial charge in [-0.1, -0.05) is 36.4 Å². The Morgan fingerprint density at radius 1 is 0.912 bits per heavy atom. The first-order valence-electron chi connectivity index (χ1n) is 10.2. The number of pyridine rings is 1. The Bertz CT molecular complexity index is 1540. The van der Waals surface area contributed by atoms with Gasteiger partial charge in [-0.15, -0.1) is 0 Å². The average molecular weight is 462 g/mol. The van der Waals surface area contributed by atoms with Crippen LogP contribution in [0.1, 0.15) is 5.56 Å². The number of amides is 2. The van der Waals surface area contributed by atoms with Crippen molar-refractivity contribution in [2.75, 3.05) is 16.4 Å². The molecular formula is C24H17F3N6O. The van der Waals surface area contributed by atoms with Gasteiger partial charge >= 0.3 is 12.2 Å². The van der Waals surface area contributed by atoms with E-state index < -0.39 is 17.8 Å². The fraction of sp³-hybridized carbons (Fsp3) is 0.0417. The lowest BCUT2D eigenvalue weighted by atomic mass is 9.96. The molecular weight excluding hydrogens is 445 g/mol. The highest BCUT2D eigenvalue weighted by Crippen LogP contribution is 2.37. The van der Waals surface area contributed by atoms with Crippen molar-refractivity contribution < 1.29 is 18.0 Å². The molecule has 3 aromatic carbocycles. The van der Waals surface area contributed by atoms with Crippen molar-refractivity contribution in [3.05, 3.63) is 78.5 Å². The molecule has 0 fully saturated rings. The van der Waals surface area contributed by atoms with E-state index in [4.69, 9.17) is 5.73 Å². The third-order valence-corrected chi connectivity index (χ3v) is 5.40. The maximum atomic E-state index is 13.0. The minimum Gasteiger partial charge on any atom is -0.382 e. The zero-order chi connectivity index (χ0) is 23.9. The maximum Gasteiger partial charge on any atom is 0.416 e. The number of nitrogens with zero attached hydrogens (tertiary/aromatic N) is 2. The minimum atomic E-state index is -4.50. The number of benzene rings is 3. The monoisotopic (exact) mass is 462 g/mol. The Morgan fingerprint density at radius 2 is 1.71 bits per heavy atom. The van der Waals surface area contributed by atoms with E-state index in [2.05, 4.69) is 25.8 Å². The number of nitrogens with one attached hydrogen (secondary N) is 3. The highest BCUT2D eigenvalue weighted by atomic mass is 19.4. The summed E-state index contributed by atoms with van der Waals surface area (Å²) in [5.74, 6) is 0.324. The molecule has 0 radical (unpaired) electrons. The zero-order valence-corrected chi connectivity index (χ0v) is 17.4. The third kappa shape index (κ3) is 3.85. The number of aromatic nitrogens is 3. The molecule has 7 nitrogen and oxygen atoms in total. The topological polar surface area (TPSA) is 109 Å². The number of halogens is 3. The summed E-state index contributed by atoms with van der Waals surface area (Å²) in [4.78, 5) is 16.8. The van der Waals surface area contributed by atoms with E-state index in [1.165, 1.54) is 12.1 Å². The SMILES string of the molecule is Nc1n[nH]c2nccc(-c3ccc(NC(=O)Nc4cccc(C(F)(F)F)c4)c4ccccc34)c12. The molecule has 2 amide bonds. The molecule has 0 saturated carbocycles. The molecule has 34 heavy (non-hydrogen) atoms. The second kappa shape index (κ2) is 8.07. The highest BCUT2D eigenvalue weighted by molar-refractivity contribution is 6.12. The van der Waals surface area contributed by atoms with Gasteiger partial charge in [0, 0.05) is 17.3 Å². The van der Waals surface area contributed by atoms with E-state index in [1.807, 2.05) is 36.4 Å². The van der Waals surface area contributed by atoms with Gasteiger partial charge in [0.1, 0.15) is 0 Å². The quantitative estimate of drug-likeness (QED) is 0.263. The Hall–Kier alpha value is -4.60. The molecule has 0 aliphatic heterocycles. The fourth-order valence-electron chi connectivity index (χ4n) is 3.90. The van der Waals surface area contributed by atoms with Crippen LogP contribution in [0.4, 0.5) is 35.2 Å². The molecule has 2 aromatic heterocycles. The fourth-order valence-corrected chi connectivity index (χ4v) is 3.90. The lowest BCUT2D eigenvalue weighted by Gasteiger charge is -2.14. The van der Waals surface area contributed by atoms with Crippen molar-refractivity contribution in [3.63, 3.8) is 0 Å². The minimum absolute atomic E-state index is 0.0304. The van der Waals surface area contributed by atoms with Gasteiger partial charge in [-0.05, 0) is 46.8 Å². The number of urea groups is 1. The van der Waals surface area contributed by atoms with Crippen molar-refractivity contribution in [3.8, 4) is 11.1 Å². The van der Waals surface area contributed by atoms with E-state index >= 15 is 0 Å². The summed E-state index contributed by atoms with van der Waals surface area (Å²) in [5, 5.41) is 14.3. The number of fused-ring (bicyclic) bond motifs is 2. The number of hydrogen-bond acceptors (Lipinski definition) is 4. The largest absolute Gasteiger partial charge is 0.416 e. The molecule has 5 rings (SSSR count). The molecule has 0 atom stereocenters. The predicted molar refractivity (Wildman–Crippen MR) is 125 cm³/mol. The van der Waals surface area contributed by atoms with Gasteiger partial charge in [0.15, 0.2) is 11.5 Å². The van der Waals surface area contributed by atoms with Crippen LogP contribution in [0.3, 0.4) is 0 Å². The molecule has 170 valence electrons. The van der Waals surface area contributed by atoms with Gasteiger partial charge < -0.3 is 16.4 Å². The van der Waals surface area contributed by atoms with E-state index in [9.17, 15) is 18.0 Å². The van der Waals surface area contributed by atoms with E-state index in [1.54, 1.807) is 12.3 Å². The van der Waals surface area contributed by atoms with Gasteiger partial charge in [-0.25, -0.2) is 9.78 Å². The van der Waals surface area contributed by atoms with Crippen LogP contribution in [0.5, 0.6) is 0 Å². The number of anilines is 3. The predicted octanol–water partition coefficient (Wildman–Crippen LogP) is 6.02. The standard InChI is InChI=1S/C24H17F3N6O/c25-24(26,27)13-4-3-5-14(12-13)30-23(34)31-19-9-8-16(15-6-1-2-7-17(15)19)18-10-11-29-22-20(18)21(28)32-33-22/h1-12H,(H2,30,31,34)(H3,28,29,32,33). The molecule has 5 aromatic rings. The van der Waals surface area contributed by atoms with Gasteiger partial charge in [0.05, 0.1) is 16.6 Å². The number of hydrogen-bond donors (Lipinski definition) is 4. The molecule has 0 bridgehead atoms. The van der Waals surface area contributed by atoms with E-state index in [0.29, 0.717) is 22.5 Å². The van der Waals surface area contributed by atoms with Crippen LogP contribution in [0, 0.1) is 0 Å². The summed E-state index contributed by atoms with van der Waals surface area (Å²) in [6, 6.07) is 16.6. The molecule has 0 aliphatic carbocycles. The number of carbonyl (C=O) groups excluding carboxylic acids is 1. The van der Waals surface area contributed by atoms with E-state index in [-0.39, 0.29) is 5.69 Å². The first-order chi connectivity index (χ1) is 16.3. The average Bonchev–Trinajstić information content (AvgIpc) is 3.20. The first-order valence-corrected chi connectivity index (χ1v) is 10.2. The molecule has 0 unspecified atom stereocenters. The second-order valence-corrected chi connectivity index (χ2v) is 7.55.